The maximum absolute atomic E-state index is 11.1. The summed E-state index contributed by atoms with van der Waals surface area (Å²) < 4.78 is 0. The van der Waals surface area contributed by atoms with Crippen LogP contribution in [0.4, 0.5) is 0 Å². The van der Waals surface area contributed by atoms with Gasteiger partial charge in [-0.1, -0.05) is 23.9 Å². The summed E-state index contributed by atoms with van der Waals surface area (Å²) in [5.74, 6) is 0.767. The lowest BCUT2D eigenvalue weighted by molar-refractivity contribution is 0.907. The SMILES string of the molecule is Cc1cc(=O)[nH]c(SCC=CCN)n1. The van der Waals surface area contributed by atoms with Gasteiger partial charge in [0.1, 0.15) is 0 Å². The molecule has 4 nitrogen and oxygen atoms in total. The van der Waals surface area contributed by atoms with E-state index in [0.717, 1.165) is 11.4 Å². The predicted octanol–water partition coefficient (Wildman–Crippen LogP) is 0.685. The molecular formula is C9H13N3OS. The zero-order valence-corrected chi connectivity index (χ0v) is 8.80. The molecule has 0 unspecified atom stereocenters. The third kappa shape index (κ3) is 3.76. The average molecular weight is 211 g/mol. The van der Waals surface area contributed by atoms with Crippen molar-refractivity contribution in [1.29, 1.82) is 0 Å². The lowest BCUT2D eigenvalue weighted by atomic mass is 10.5. The molecule has 0 aliphatic carbocycles. The van der Waals surface area contributed by atoms with Crippen molar-refractivity contribution in [3.63, 3.8) is 0 Å². The third-order valence-corrected chi connectivity index (χ3v) is 2.29. The maximum atomic E-state index is 11.1. The maximum Gasteiger partial charge on any atom is 0.251 e. The second kappa shape index (κ2) is 5.62. The van der Waals surface area contributed by atoms with Crippen molar-refractivity contribution in [2.75, 3.05) is 12.3 Å². The van der Waals surface area contributed by atoms with Crippen molar-refractivity contribution in [1.82, 2.24) is 9.97 Å². The zero-order valence-electron chi connectivity index (χ0n) is 7.99. The van der Waals surface area contributed by atoms with Gasteiger partial charge in [0, 0.05) is 24.1 Å². The number of hydrogen-bond donors (Lipinski definition) is 2. The highest BCUT2D eigenvalue weighted by Crippen LogP contribution is 2.10. The average Bonchev–Trinajstić information content (AvgIpc) is 2.11. The Morgan fingerprint density at radius 2 is 2.43 bits per heavy atom. The van der Waals surface area contributed by atoms with Gasteiger partial charge in [-0.05, 0) is 6.92 Å². The number of nitrogens with zero attached hydrogens (tertiary/aromatic N) is 1. The molecule has 5 heteroatoms. The van der Waals surface area contributed by atoms with Gasteiger partial charge in [0.25, 0.3) is 5.56 Å². The lowest BCUT2D eigenvalue weighted by Crippen LogP contribution is -2.08. The number of rotatable bonds is 4. The van der Waals surface area contributed by atoms with E-state index in [2.05, 4.69) is 9.97 Å². The molecule has 3 N–H and O–H groups in total. The highest BCUT2D eigenvalue weighted by atomic mass is 32.2. The molecule has 76 valence electrons. The Balaban J connectivity index is 2.59. The van der Waals surface area contributed by atoms with Crippen molar-refractivity contribution >= 4 is 11.8 Å². The van der Waals surface area contributed by atoms with Crippen molar-refractivity contribution in [2.45, 2.75) is 12.1 Å². The van der Waals surface area contributed by atoms with Crippen LogP contribution in [0.5, 0.6) is 0 Å². The number of aryl methyl sites for hydroxylation is 1. The van der Waals surface area contributed by atoms with Crippen LogP contribution in [0.2, 0.25) is 0 Å². The van der Waals surface area contributed by atoms with E-state index < -0.39 is 0 Å². The molecule has 14 heavy (non-hydrogen) atoms. The van der Waals surface area contributed by atoms with Crippen LogP contribution in [0, 0.1) is 6.92 Å². The first-order chi connectivity index (χ1) is 6.72. The van der Waals surface area contributed by atoms with Crippen LogP contribution < -0.4 is 11.3 Å². The number of hydrogen-bond acceptors (Lipinski definition) is 4. The summed E-state index contributed by atoms with van der Waals surface area (Å²) in [6, 6.07) is 1.47. The number of nitrogens with two attached hydrogens (primary N) is 1. The van der Waals surface area contributed by atoms with Crippen LogP contribution in [0.1, 0.15) is 5.69 Å². The van der Waals surface area contributed by atoms with Gasteiger partial charge in [-0.25, -0.2) is 4.98 Å². The van der Waals surface area contributed by atoms with Gasteiger partial charge in [-0.15, -0.1) is 0 Å². The summed E-state index contributed by atoms with van der Waals surface area (Å²) in [7, 11) is 0. The van der Waals surface area contributed by atoms with E-state index >= 15 is 0 Å². The minimum Gasteiger partial charge on any atom is -0.327 e. The molecule has 0 saturated heterocycles. The lowest BCUT2D eigenvalue weighted by Gasteiger charge is -1.97. The Bertz CT molecular complexity index is 373. The van der Waals surface area contributed by atoms with Crippen LogP contribution in [0.25, 0.3) is 0 Å². The minimum atomic E-state index is -0.109. The second-order valence-electron chi connectivity index (χ2n) is 2.71. The number of nitrogens with one attached hydrogen (secondary N) is 1. The molecule has 0 aromatic carbocycles. The van der Waals surface area contributed by atoms with E-state index in [-0.39, 0.29) is 5.56 Å². The fourth-order valence-corrected chi connectivity index (χ4v) is 1.68. The minimum absolute atomic E-state index is 0.109. The monoisotopic (exact) mass is 211 g/mol. The molecule has 0 amide bonds. The largest absolute Gasteiger partial charge is 0.327 e. The van der Waals surface area contributed by atoms with Gasteiger partial charge in [0.05, 0.1) is 0 Å². The standard InChI is InChI=1S/C9H13N3OS/c1-7-6-8(13)12-9(11-7)14-5-3-2-4-10/h2-3,6H,4-5,10H2,1H3,(H,11,12,13). The molecule has 1 rings (SSSR count). The number of aromatic nitrogens is 2. The number of H-pyrrole nitrogens is 1. The molecule has 1 aromatic rings. The Morgan fingerprint density at radius 3 is 3.07 bits per heavy atom. The summed E-state index contributed by atoms with van der Waals surface area (Å²) in [6.07, 6.45) is 3.83. The first kappa shape index (κ1) is 11.0. The Labute approximate surface area is 86.6 Å². The van der Waals surface area contributed by atoms with Crippen LogP contribution in [-0.4, -0.2) is 22.3 Å². The van der Waals surface area contributed by atoms with Gasteiger partial charge in [0.15, 0.2) is 5.16 Å². The summed E-state index contributed by atoms with van der Waals surface area (Å²) in [5, 5.41) is 0.650. The fraction of sp³-hybridized carbons (Fsp3) is 0.333. The smallest absolute Gasteiger partial charge is 0.251 e. The molecule has 0 bridgehead atoms. The Morgan fingerprint density at radius 1 is 1.64 bits per heavy atom. The third-order valence-electron chi connectivity index (χ3n) is 1.47. The molecule has 0 fully saturated rings. The summed E-state index contributed by atoms with van der Waals surface area (Å²) in [4.78, 5) is 17.9. The van der Waals surface area contributed by atoms with E-state index in [1.165, 1.54) is 17.8 Å². The van der Waals surface area contributed by atoms with Gasteiger partial charge in [-0.3, -0.25) is 4.79 Å². The summed E-state index contributed by atoms with van der Waals surface area (Å²) in [6.45, 7) is 2.34. The molecule has 1 heterocycles. The second-order valence-corrected chi connectivity index (χ2v) is 3.72. The Kier molecular flexibility index (Phi) is 4.42. The van der Waals surface area contributed by atoms with Crippen LogP contribution >= 0.6 is 11.8 Å². The molecular weight excluding hydrogens is 198 g/mol. The van der Waals surface area contributed by atoms with Crippen LogP contribution in [0.3, 0.4) is 0 Å². The van der Waals surface area contributed by atoms with Gasteiger partial charge in [0.2, 0.25) is 0 Å². The first-order valence-corrected chi connectivity index (χ1v) is 5.27. The van der Waals surface area contributed by atoms with E-state index in [4.69, 9.17) is 5.73 Å². The quantitative estimate of drug-likeness (QED) is 0.436. The van der Waals surface area contributed by atoms with E-state index in [9.17, 15) is 4.79 Å². The molecule has 0 saturated carbocycles. The molecule has 0 atom stereocenters. The molecule has 0 aliphatic rings. The normalized spacial score (nSPS) is 11.0. The van der Waals surface area contributed by atoms with Gasteiger partial charge < -0.3 is 10.7 Å². The molecule has 0 aliphatic heterocycles. The topological polar surface area (TPSA) is 71.8 Å². The van der Waals surface area contributed by atoms with E-state index in [1.807, 2.05) is 12.2 Å². The summed E-state index contributed by atoms with van der Waals surface area (Å²) >= 11 is 1.48. The molecule has 0 spiro atoms. The van der Waals surface area contributed by atoms with Crippen LogP contribution in [0.15, 0.2) is 28.2 Å². The zero-order chi connectivity index (χ0) is 10.4. The van der Waals surface area contributed by atoms with Crippen molar-refractivity contribution in [3.05, 3.63) is 34.3 Å². The highest BCUT2D eigenvalue weighted by Gasteiger charge is 1.96. The molecule has 0 radical (unpaired) electrons. The predicted molar refractivity (Wildman–Crippen MR) is 58.5 cm³/mol. The van der Waals surface area contributed by atoms with Crippen molar-refractivity contribution in [3.8, 4) is 0 Å². The van der Waals surface area contributed by atoms with Gasteiger partial charge >= 0.3 is 0 Å². The van der Waals surface area contributed by atoms with E-state index in [1.54, 1.807) is 6.92 Å². The van der Waals surface area contributed by atoms with Gasteiger partial charge in [-0.2, -0.15) is 0 Å². The first-order valence-electron chi connectivity index (χ1n) is 4.28. The van der Waals surface area contributed by atoms with E-state index in [0.29, 0.717) is 11.7 Å². The van der Waals surface area contributed by atoms with Crippen molar-refractivity contribution < 1.29 is 0 Å². The fourth-order valence-electron chi connectivity index (χ4n) is 0.911. The highest BCUT2D eigenvalue weighted by molar-refractivity contribution is 7.99. The number of thioether (sulfide) groups is 1. The number of aromatic amines is 1. The van der Waals surface area contributed by atoms with Crippen molar-refractivity contribution in [2.24, 2.45) is 5.73 Å². The summed E-state index contributed by atoms with van der Waals surface area (Å²) in [5.41, 5.74) is 5.91. The Hall–Kier alpha value is -1.07. The molecule has 1 aromatic heterocycles. The van der Waals surface area contributed by atoms with Crippen LogP contribution in [-0.2, 0) is 0 Å².